The summed E-state index contributed by atoms with van der Waals surface area (Å²) in [5.74, 6) is 1.93. The molecule has 0 aromatic heterocycles. The van der Waals surface area contributed by atoms with Gasteiger partial charge in [0, 0.05) is 59.0 Å². The molecule has 0 atom stereocenters. The van der Waals surface area contributed by atoms with Crippen LogP contribution in [-0.2, 0) is 4.79 Å². The third-order valence-electron chi connectivity index (χ3n) is 11.2. The molecule has 53 heavy (non-hydrogen) atoms. The van der Waals surface area contributed by atoms with E-state index >= 15 is 0 Å². The largest absolute Gasteiger partial charge is 0.481 e. The average Bonchev–Trinajstić information content (AvgIpc) is 3.80. The van der Waals surface area contributed by atoms with Crippen molar-refractivity contribution in [1.82, 2.24) is 15.1 Å². The second-order valence-corrected chi connectivity index (χ2v) is 16.2. The molecule has 312 valence electrons. The van der Waals surface area contributed by atoms with E-state index < -0.39 is 5.97 Å². The molecular formula is C46H91N5O2. The van der Waals surface area contributed by atoms with Gasteiger partial charge in [0.05, 0.1) is 24.8 Å². The number of carboxylic acid groups (broad SMARTS) is 1. The highest BCUT2D eigenvalue weighted by molar-refractivity contribution is 5.84. The van der Waals surface area contributed by atoms with Crippen molar-refractivity contribution in [2.45, 2.75) is 226 Å². The quantitative estimate of drug-likeness (QED) is 0.0615. The summed E-state index contributed by atoms with van der Waals surface area (Å²) < 4.78 is 0. The summed E-state index contributed by atoms with van der Waals surface area (Å²) in [6, 6.07) is 0. The number of carboxylic acids is 1. The first-order valence-electron chi connectivity index (χ1n) is 23.5. The molecule has 0 spiro atoms. The van der Waals surface area contributed by atoms with Gasteiger partial charge in [0.1, 0.15) is 0 Å². The van der Waals surface area contributed by atoms with Crippen LogP contribution in [0.4, 0.5) is 0 Å². The second-order valence-electron chi connectivity index (χ2n) is 16.2. The Hall–Kier alpha value is -1.63. The SMILES string of the molecule is CC(=O)O.CCCCCCCCCCCCCCCCCC1=NCCN1CCNCCN1CCN=C1CCCCCCCCCCCCCCCCC. The zero-order valence-corrected chi connectivity index (χ0v) is 35.9. The molecule has 2 rings (SSSR count). The van der Waals surface area contributed by atoms with E-state index in [1.807, 2.05) is 0 Å². The Balaban J connectivity index is 0.00000333. The molecule has 2 heterocycles. The Morgan fingerprint density at radius 1 is 0.491 bits per heavy atom. The molecule has 0 aliphatic carbocycles. The molecule has 0 fully saturated rings. The van der Waals surface area contributed by atoms with Crippen molar-refractivity contribution in [3.63, 3.8) is 0 Å². The Bertz CT molecular complexity index is 797. The predicted octanol–water partition coefficient (Wildman–Crippen LogP) is 12.6. The van der Waals surface area contributed by atoms with E-state index in [-0.39, 0.29) is 0 Å². The lowest BCUT2D eigenvalue weighted by atomic mass is 10.0. The van der Waals surface area contributed by atoms with Crippen LogP contribution in [0.15, 0.2) is 9.98 Å². The third kappa shape index (κ3) is 32.3. The number of nitrogens with zero attached hydrogens (tertiary/aromatic N) is 4. The Kier molecular flexibility index (Phi) is 36.0. The highest BCUT2D eigenvalue weighted by Crippen LogP contribution is 2.17. The van der Waals surface area contributed by atoms with E-state index in [9.17, 15) is 0 Å². The minimum absolute atomic E-state index is 0.833. The number of unbranched alkanes of at least 4 members (excludes halogenated alkanes) is 28. The molecule has 0 aromatic rings. The molecule has 0 saturated heterocycles. The van der Waals surface area contributed by atoms with Crippen molar-refractivity contribution in [3.8, 4) is 0 Å². The molecule has 0 saturated carbocycles. The van der Waals surface area contributed by atoms with Gasteiger partial charge in [0.15, 0.2) is 0 Å². The van der Waals surface area contributed by atoms with Gasteiger partial charge in [-0.3, -0.25) is 14.8 Å². The summed E-state index contributed by atoms with van der Waals surface area (Å²) in [4.78, 5) is 23.8. The fourth-order valence-corrected chi connectivity index (χ4v) is 7.88. The third-order valence-corrected chi connectivity index (χ3v) is 11.2. The molecule has 0 bridgehead atoms. The number of aliphatic carboxylic acids is 1. The number of carbonyl (C=O) groups is 1. The lowest BCUT2D eigenvalue weighted by molar-refractivity contribution is -0.134. The van der Waals surface area contributed by atoms with Crippen LogP contribution < -0.4 is 5.32 Å². The summed E-state index contributed by atoms with van der Waals surface area (Å²) in [5.41, 5.74) is 0. The van der Waals surface area contributed by atoms with Gasteiger partial charge in [-0.15, -0.1) is 0 Å². The molecule has 2 aliphatic heterocycles. The predicted molar refractivity (Wildman–Crippen MR) is 233 cm³/mol. The number of hydrogen-bond donors (Lipinski definition) is 2. The molecule has 2 N–H and O–H groups in total. The Morgan fingerprint density at radius 3 is 1.00 bits per heavy atom. The molecule has 2 aliphatic rings. The van der Waals surface area contributed by atoms with Gasteiger partial charge in [-0.1, -0.05) is 194 Å². The summed E-state index contributed by atoms with van der Waals surface area (Å²) >= 11 is 0. The normalized spacial score (nSPS) is 14.1. The number of rotatable bonds is 38. The molecule has 7 nitrogen and oxygen atoms in total. The molecular weight excluding hydrogens is 655 g/mol. The van der Waals surface area contributed by atoms with Crippen LogP contribution in [0.5, 0.6) is 0 Å². The maximum Gasteiger partial charge on any atom is 0.300 e. The van der Waals surface area contributed by atoms with Gasteiger partial charge in [0.2, 0.25) is 0 Å². The van der Waals surface area contributed by atoms with Gasteiger partial charge >= 0.3 is 0 Å². The van der Waals surface area contributed by atoms with Crippen molar-refractivity contribution >= 4 is 17.6 Å². The highest BCUT2D eigenvalue weighted by Gasteiger charge is 2.17. The van der Waals surface area contributed by atoms with Gasteiger partial charge in [-0.25, -0.2) is 0 Å². The second kappa shape index (κ2) is 38.6. The van der Waals surface area contributed by atoms with Crippen LogP contribution in [-0.4, -0.2) is 84.9 Å². The van der Waals surface area contributed by atoms with Crippen LogP contribution in [0.1, 0.15) is 226 Å². The van der Waals surface area contributed by atoms with Crippen molar-refractivity contribution in [3.05, 3.63) is 0 Å². The number of nitrogens with one attached hydrogen (secondary N) is 1. The van der Waals surface area contributed by atoms with Gasteiger partial charge in [-0.05, 0) is 12.8 Å². The number of amidine groups is 2. The molecule has 0 unspecified atom stereocenters. The van der Waals surface area contributed by atoms with E-state index in [4.69, 9.17) is 19.9 Å². The van der Waals surface area contributed by atoms with Crippen LogP contribution in [0.25, 0.3) is 0 Å². The first kappa shape index (κ1) is 49.4. The minimum Gasteiger partial charge on any atom is -0.481 e. The summed E-state index contributed by atoms with van der Waals surface area (Å²) in [6.07, 6.45) is 45.3. The molecule has 0 amide bonds. The van der Waals surface area contributed by atoms with Crippen LogP contribution in [0, 0.1) is 0 Å². The first-order chi connectivity index (χ1) is 26.1. The summed E-state index contributed by atoms with van der Waals surface area (Å²) in [6.45, 7) is 14.3. The minimum atomic E-state index is -0.833. The van der Waals surface area contributed by atoms with E-state index in [0.29, 0.717) is 0 Å². The monoisotopic (exact) mass is 746 g/mol. The zero-order valence-electron chi connectivity index (χ0n) is 35.9. The van der Waals surface area contributed by atoms with Gasteiger partial charge in [-0.2, -0.15) is 0 Å². The molecule has 7 heteroatoms. The number of hydrogen-bond acceptors (Lipinski definition) is 6. The summed E-state index contributed by atoms with van der Waals surface area (Å²) in [7, 11) is 0. The van der Waals surface area contributed by atoms with E-state index in [2.05, 4.69) is 29.0 Å². The molecule has 0 aromatic carbocycles. The van der Waals surface area contributed by atoms with Gasteiger partial charge < -0.3 is 20.2 Å². The average molecular weight is 746 g/mol. The fraction of sp³-hybridized carbons (Fsp3) is 0.935. The maximum atomic E-state index is 9.00. The summed E-state index contributed by atoms with van der Waals surface area (Å²) in [5, 5.41) is 11.1. The van der Waals surface area contributed by atoms with Crippen molar-refractivity contribution in [1.29, 1.82) is 0 Å². The van der Waals surface area contributed by atoms with Gasteiger partial charge in [0.25, 0.3) is 5.97 Å². The Morgan fingerprint density at radius 2 is 0.736 bits per heavy atom. The fourth-order valence-electron chi connectivity index (χ4n) is 7.88. The van der Waals surface area contributed by atoms with Crippen molar-refractivity contribution in [2.75, 3.05) is 52.4 Å². The topological polar surface area (TPSA) is 80.5 Å². The number of aliphatic imine (C=N–C) groups is 2. The zero-order chi connectivity index (χ0) is 38.3. The van der Waals surface area contributed by atoms with Crippen molar-refractivity contribution < 1.29 is 9.90 Å². The van der Waals surface area contributed by atoms with E-state index in [1.54, 1.807) is 0 Å². The standard InChI is InChI=1S/C44H87N5.C2H4O2/c1-3-5-7-9-11-13-15-17-19-21-23-25-27-29-31-33-43-46-37-41-48(43)39-35-45-36-40-49-42-38-47-44(49)34-32-30-28-26-24-22-20-18-16-14-12-10-8-6-4-2;1-2(3)4/h45H,3-42H2,1-2H3;1H3,(H,3,4). The smallest absolute Gasteiger partial charge is 0.300 e. The molecule has 0 radical (unpaired) electrons. The van der Waals surface area contributed by atoms with E-state index in [0.717, 1.165) is 59.3 Å². The van der Waals surface area contributed by atoms with Crippen LogP contribution >= 0.6 is 0 Å². The van der Waals surface area contributed by atoms with Crippen LogP contribution in [0.3, 0.4) is 0 Å². The highest BCUT2D eigenvalue weighted by atomic mass is 16.4. The maximum absolute atomic E-state index is 9.00. The van der Waals surface area contributed by atoms with Crippen LogP contribution in [0.2, 0.25) is 0 Å². The van der Waals surface area contributed by atoms with Crippen molar-refractivity contribution in [2.24, 2.45) is 9.98 Å². The Labute approximate surface area is 330 Å². The lowest BCUT2D eigenvalue weighted by Gasteiger charge is -2.23. The first-order valence-corrected chi connectivity index (χ1v) is 23.5. The van der Waals surface area contributed by atoms with E-state index in [1.165, 1.54) is 217 Å². The lowest BCUT2D eigenvalue weighted by Crippen LogP contribution is -2.39.